The van der Waals surface area contributed by atoms with Crippen molar-refractivity contribution in [3.8, 4) is 0 Å². The molecule has 22 nitrogen and oxygen atoms in total. The summed E-state index contributed by atoms with van der Waals surface area (Å²) in [6, 6.07) is 16.8. The number of thioether (sulfide) groups is 2. The zero-order valence-electron chi connectivity index (χ0n) is 46.8. The number of nitrogens with two attached hydrogens (primary N) is 2. The number of esters is 2. The van der Waals surface area contributed by atoms with Gasteiger partial charge in [-0.3, -0.25) is 39.6 Å². The molecular formula is C50H78B3ClN13O9PS2. The normalized spacial score (nSPS) is 12.5. The number of nitrogen functional groups attached to an aromatic ring is 2. The molecule has 2 aromatic carbocycles. The molecule has 0 amide bonds. The van der Waals surface area contributed by atoms with Crippen molar-refractivity contribution in [2.24, 2.45) is 0 Å². The first-order valence-electron chi connectivity index (χ1n) is 25.6. The van der Waals surface area contributed by atoms with Crippen LogP contribution in [0.1, 0.15) is 95.4 Å². The van der Waals surface area contributed by atoms with Crippen LogP contribution < -0.4 is 21.7 Å². The van der Waals surface area contributed by atoms with Gasteiger partial charge in [-0.2, -0.15) is 24.1 Å². The van der Waals surface area contributed by atoms with E-state index in [1.54, 1.807) is 24.3 Å². The molecule has 0 bridgehead atoms. The molecule has 79 heavy (non-hydrogen) atoms. The number of likely N-dealkylation sites (tertiary alicyclic amines) is 2. The number of nitrogens with zero attached hydrogens (tertiary/aromatic N) is 10. The zero-order valence-corrected chi connectivity index (χ0v) is 50.3. The van der Waals surface area contributed by atoms with E-state index in [4.69, 9.17) is 37.2 Å². The molecule has 6 radical (unpaired) electrons. The van der Waals surface area contributed by atoms with Crippen molar-refractivity contribution < 1.29 is 33.6 Å². The van der Waals surface area contributed by atoms with E-state index in [1.807, 2.05) is 28.2 Å². The van der Waals surface area contributed by atoms with Crippen molar-refractivity contribution in [2.45, 2.75) is 110 Å². The molecule has 6 rings (SSSR count). The molecule has 2 fully saturated rings. The van der Waals surface area contributed by atoms with E-state index in [9.17, 15) is 29.8 Å². The summed E-state index contributed by atoms with van der Waals surface area (Å²) in [5, 5.41) is 25.9. The predicted octanol–water partition coefficient (Wildman–Crippen LogP) is 7.32. The van der Waals surface area contributed by atoms with Crippen molar-refractivity contribution in [1.82, 2.24) is 40.0 Å². The molecule has 0 spiro atoms. The number of aromatic nitrogens is 4. The molecule has 2 aliphatic heterocycles. The van der Waals surface area contributed by atoms with E-state index in [1.165, 1.54) is 98.6 Å². The molecule has 4 aromatic rings. The minimum Gasteiger partial charge on any atom is -0.187 e. The van der Waals surface area contributed by atoms with Gasteiger partial charge in [0, 0.05) is 47.7 Å². The summed E-state index contributed by atoms with van der Waals surface area (Å²) in [5.74, 6) is -0.813. The van der Waals surface area contributed by atoms with Gasteiger partial charge in [-0.25, -0.2) is 4.98 Å². The van der Waals surface area contributed by atoms with Gasteiger partial charge in [0.15, 0.2) is 10.3 Å². The number of halogens is 1. The summed E-state index contributed by atoms with van der Waals surface area (Å²) in [6.07, 6.45) is 9.09. The van der Waals surface area contributed by atoms with Gasteiger partial charge < -0.3 is 36.1 Å². The van der Waals surface area contributed by atoms with E-state index in [2.05, 4.69) is 112 Å². The van der Waals surface area contributed by atoms with Gasteiger partial charge in [0.2, 0.25) is 22.6 Å². The van der Waals surface area contributed by atoms with Crippen LogP contribution in [0.5, 0.6) is 0 Å². The standard InChI is InChI=1S/C22H30N6O4S.C17H26N2O2.C6H15N.C5H5ClN4O2S.BO.BH2P.B/c1-3-32-18(29)9-12-27(21-19(28(30)31)20(23)24-22(25-21)33-2)15-17-8-6-7-16(13-17)14-26-10-4-5-11-26;1-2-21-17(20)8-9-18-13-15-6-5-7-16(12-15)14-19-10-3-4-11-19;1-4-7(5-2)6-3;1-13-5-8-3(6)2(10(11)12)4(7)9-5;2*1-2;/h6-8,13H,3-5,9-12,14-15H2,1-2H3,(H2,23,24,25);5-7,12,18H,2-4,8-11,13-14H2,1H3;4-6H2,1-3H3;1H3,(H2,7,8,9);;2H2;. The first kappa shape index (κ1) is 74.0. The van der Waals surface area contributed by atoms with Crippen LogP contribution in [0.4, 0.5) is 28.8 Å². The summed E-state index contributed by atoms with van der Waals surface area (Å²) in [4.78, 5) is 69.0. The van der Waals surface area contributed by atoms with Crippen molar-refractivity contribution in [2.75, 3.05) is 101 Å². The Hall–Kier alpha value is -5.01. The summed E-state index contributed by atoms with van der Waals surface area (Å²) >= 11 is 7.98. The van der Waals surface area contributed by atoms with Gasteiger partial charge in [-0.05, 0) is 120 Å². The van der Waals surface area contributed by atoms with Crippen LogP contribution in [0, 0.1) is 20.2 Å². The maximum Gasteiger partial charge on any atom is 0.0996 e. The Morgan fingerprint density at radius 3 is 1.58 bits per heavy atom. The Morgan fingerprint density at radius 1 is 0.722 bits per heavy atom. The number of benzene rings is 2. The summed E-state index contributed by atoms with van der Waals surface area (Å²) < 4.78 is 17.7. The number of anilines is 3. The van der Waals surface area contributed by atoms with Crippen LogP contribution in [0.25, 0.3) is 0 Å². The van der Waals surface area contributed by atoms with E-state index in [-0.39, 0.29) is 68.2 Å². The first-order valence-corrected chi connectivity index (χ1v) is 29.1. The zero-order chi connectivity index (χ0) is 58.4. The van der Waals surface area contributed by atoms with Crippen molar-refractivity contribution in [3.63, 3.8) is 0 Å². The number of nitrogens with one attached hydrogen (secondary N) is 1. The van der Waals surface area contributed by atoms with Crippen LogP contribution in [-0.4, -0.2) is 165 Å². The number of carbonyl (C=O) groups excluding carboxylic acids is 2. The van der Waals surface area contributed by atoms with E-state index >= 15 is 0 Å². The SMILES string of the molecule is CCN(CC)CC.CCOC(=O)CCN(Cc1cccc(CN2CCCC2)c1)c1nc(SC)nc(N)c1[N+](=O)[O-].CCOC(=O)CCNCc1cccc(CN2CCCC2)c1.CSc1nc(N)c([N+](=O)[O-])c(Cl)n1.[B].[B]=O.[B]P. The van der Waals surface area contributed by atoms with Crippen LogP contribution in [0.2, 0.25) is 5.15 Å². The number of nitro groups is 2. The Morgan fingerprint density at radius 2 is 1.15 bits per heavy atom. The Bertz CT molecular complexity index is 2380. The largest absolute Gasteiger partial charge is 0.187 e. The molecule has 430 valence electrons. The van der Waals surface area contributed by atoms with E-state index in [0.717, 1.165) is 38.3 Å². The summed E-state index contributed by atoms with van der Waals surface area (Å²) in [6.45, 7) is 23.0. The summed E-state index contributed by atoms with van der Waals surface area (Å²) in [7, 11) is 9.58. The minimum absolute atomic E-state index is 0. The second-order valence-corrected chi connectivity index (χ2v) is 18.9. The molecule has 5 N–H and O–H groups in total. The van der Waals surface area contributed by atoms with E-state index in [0.29, 0.717) is 36.4 Å². The van der Waals surface area contributed by atoms with Crippen LogP contribution in [0.3, 0.4) is 0 Å². The van der Waals surface area contributed by atoms with Gasteiger partial charge in [-0.15, -0.1) is 0 Å². The average molecular weight is 1170 g/mol. The fourth-order valence-corrected chi connectivity index (χ4v) is 8.97. The van der Waals surface area contributed by atoms with E-state index < -0.39 is 15.5 Å². The topological polar surface area (TPSA) is 285 Å². The molecule has 1 unspecified atom stereocenters. The predicted molar refractivity (Wildman–Crippen MR) is 323 cm³/mol. The van der Waals surface area contributed by atoms with Crippen LogP contribution in [0.15, 0.2) is 58.8 Å². The number of rotatable bonds is 24. The molecule has 4 heterocycles. The molecule has 29 heteroatoms. The van der Waals surface area contributed by atoms with Crippen molar-refractivity contribution in [1.29, 1.82) is 0 Å². The minimum atomic E-state index is -0.707. The third kappa shape index (κ3) is 28.8. The van der Waals surface area contributed by atoms with Crippen molar-refractivity contribution in [3.05, 3.63) is 96.2 Å². The second-order valence-electron chi connectivity index (χ2n) is 17.0. The molecule has 0 saturated carbocycles. The molecule has 2 aromatic heterocycles. The molecular weight excluding hydrogens is 1090 g/mol. The Labute approximate surface area is 486 Å². The van der Waals surface area contributed by atoms with Gasteiger partial charge in [0.1, 0.15) is 0 Å². The van der Waals surface area contributed by atoms with Gasteiger partial charge >= 0.3 is 35.7 Å². The van der Waals surface area contributed by atoms with Gasteiger partial charge in [-0.1, -0.05) is 104 Å². The number of ether oxygens (including phenoxy) is 2. The van der Waals surface area contributed by atoms with Gasteiger partial charge in [0.05, 0.1) is 43.5 Å². The third-order valence-corrected chi connectivity index (χ3v) is 13.0. The maximum absolute atomic E-state index is 12.0. The quantitative estimate of drug-likeness (QED) is 0.00712. The van der Waals surface area contributed by atoms with Crippen molar-refractivity contribution >= 4 is 109 Å². The number of carbonyl (C=O) groups is 2. The second kappa shape index (κ2) is 43.7. The third-order valence-electron chi connectivity index (χ3n) is 11.7. The fraction of sp³-hybridized carbons (Fsp3) is 0.560. The molecule has 1 atom stereocenters. The Kier molecular flexibility index (Phi) is 41.0. The number of hydrogen-bond donors (Lipinski definition) is 3. The Balaban J connectivity index is 0.00000113. The molecule has 2 saturated heterocycles. The number of hydrogen-bond acceptors (Lipinski definition) is 22. The van der Waals surface area contributed by atoms with Gasteiger partial charge in [0.25, 0.3) is 0 Å². The van der Waals surface area contributed by atoms with Crippen LogP contribution in [-0.2, 0) is 49.9 Å². The first-order chi connectivity index (χ1) is 37.6. The monoisotopic (exact) mass is 1170 g/mol. The summed E-state index contributed by atoms with van der Waals surface area (Å²) in [5.41, 5.74) is 15.2. The fourth-order valence-electron chi connectivity index (χ4n) is 7.94. The molecule has 2 aliphatic rings. The maximum atomic E-state index is 12.0. The smallest absolute Gasteiger partial charge is 0.0996 e. The molecule has 0 aliphatic carbocycles. The average Bonchev–Trinajstić information content (AvgIpc) is 4.16. The van der Waals surface area contributed by atoms with Crippen LogP contribution >= 0.6 is 44.2 Å².